The Balaban J connectivity index is 2.20. The van der Waals surface area contributed by atoms with Gasteiger partial charge in [-0.2, -0.15) is 0 Å². The fourth-order valence-corrected chi connectivity index (χ4v) is 1.83. The second-order valence-corrected chi connectivity index (χ2v) is 4.45. The molecule has 0 spiro atoms. The lowest BCUT2D eigenvalue weighted by Gasteiger charge is -2.04. The molecule has 0 saturated carbocycles. The average molecular weight is 317 g/mol. The van der Waals surface area contributed by atoms with E-state index in [0.717, 1.165) is 18.5 Å². The van der Waals surface area contributed by atoms with Gasteiger partial charge in [0.25, 0.3) is 5.91 Å². The van der Waals surface area contributed by atoms with Crippen LogP contribution in [0.25, 0.3) is 0 Å². The molecule has 1 amide bonds. The molecule has 15 heavy (non-hydrogen) atoms. The molecule has 0 atom stereocenters. The van der Waals surface area contributed by atoms with Gasteiger partial charge in [-0.3, -0.25) is 4.79 Å². The highest BCUT2D eigenvalue weighted by Crippen LogP contribution is 2.00. The molecule has 0 radical (unpaired) electrons. The van der Waals surface area contributed by atoms with E-state index in [1.807, 2.05) is 30.3 Å². The minimum Gasteiger partial charge on any atom is -0.352 e. The molecule has 2 nitrogen and oxygen atoms in total. The lowest BCUT2D eigenvalue weighted by Crippen LogP contribution is -2.24. The van der Waals surface area contributed by atoms with Crippen LogP contribution >= 0.6 is 22.6 Å². The van der Waals surface area contributed by atoms with E-state index in [9.17, 15) is 4.79 Å². The topological polar surface area (TPSA) is 29.1 Å². The first-order valence-electron chi connectivity index (χ1n) is 5.24. The fraction of sp³-hybridized carbons (Fsp3) is 0.417. The second-order valence-electron chi connectivity index (χ2n) is 3.37. The van der Waals surface area contributed by atoms with Gasteiger partial charge in [0, 0.05) is 12.1 Å². The summed E-state index contributed by atoms with van der Waals surface area (Å²) in [7, 11) is 0. The van der Waals surface area contributed by atoms with Gasteiger partial charge in [0.05, 0.1) is 0 Å². The summed E-state index contributed by atoms with van der Waals surface area (Å²) in [6.45, 7) is 0.782. The number of carbonyl (C=O) groups excluding carboxylic acids is 1. The van der Waals surface area contributed by atoms with E-state index in [0.29, 0.717) is 0 Å². The SMILES string of the molecule is O=C(NCCCCCI)c1ccccc1. The maximum absolute atomic E-state index is 11.6. The summed E-state index contributed by atoms with van der Waals surface area (Å²) < 4.78 is 1.20. The second kappa shape index (κ2) is 7.68. The van der Waals surface area contributed by atoms with Gasteiger partial charge >= 0.3 is 0 Å². The van der Waals surface area contributed by atoms with E-state index >= 15 is 0 Å². The van der Waals surface area contributed by atoms with Crippen molar-refractivity contribution in [3.63, 3.8) is 0 Å². The van der Waals surface area contributed by atoms with Gasteiger partial charge < -0.3 is 5.32 Å². The highest BCUT2D eigenvalue weighted by Gasteiger charge is 2.01. The molecule has 0 bridgehead atoms. The summed E-state index contributed by atoms with van der Waals surface area (Å²) in [6.07, 6.45) is 3.50. The van der Waals surface area contributed by atoms with Gasteiger partial charge in [-0.25, -0.2) is 0 Å². The molecule has 82 valence electrons. The number of halogens is 1. The predicted molar refractivity (Wildman–Crippen MR) is 71.5 cm³/mol. The van der Waals surface area contributed by atoms with E-state index in [1.54, 1.807) is 0 Å². The molecule has 3 heteroatoms. The Labute approximate surface area is 105 Å². The first-order valence-corrected chi connectivity index (χ1v) is 6.76. The van der Waals surface area contributed by atoms with Gasteiger partial charge in [-0.15, -0.1) is 0 Å². The fourth-order valence-electron chi connectivity index (χ4n) is 1.29. The Hall–Kier alpha value is -0.580. The van der Waals surface area contributed by atoms with E-state index in [2.05, 4.69) is 27.9 Å². The van der Waals surface area contributed by atoms with Crippen molar-refractivity contribution >= 4 is 28.5 Å². The normalized spacial score (nSPS) is 9.93. The van der Waals surface area contributed by atoms with Crippen LogP contribution in [-0.4, -0.2) is 16.9 Å². The van der Waals surface area contributed by atoms with Crippen molar-refractivity contribution in [2.24, 2.45) is 0 Å². The third-order valence-corrected chi connectivity index (χ3v) is 2.89. The lowest BCUT2D eigenvalue weighted by atomic mass is 10.2. The molecule has 0 heterocycles. The summed E-state index contributed by atoms with van der Waals surface area (Å²) in [5, 5.41) is 2.92. The van der Waals surface area contributed by atoms with Crippen LogP contribution in [0.5, 0.6) is 0 Å². The zero-order chi connectivity index (χ0) is 10.9. The maximum atomic E-state index is 11.6. The molecule has 0 aliphatic heterocycles. The molecule has 0 fully saturated rings. The van der Waals surface area contributed by atoms with Crippen LogP contribution in [-0.2, 0) is 0 Å². The van der Waals surface area contributed by atoms with Crippen molar-refractivity contribution < 1.29 is 4.79 Å². The van der Waals surface area contributed by atoms with E-state index in [1.165, 1.54) is 17.3 Å². The van der Waals surface area contributed by atoms with Crippen molar-refractivity contribution in [1.82, 2.24) is 5.32 Å². The molecule has 0 aromatic heterocycles. The molecular formula is C12H16INO. The number of hydrogen-bond donors (Lipinski definition) is 1. The van der Waals surface area contributed by atoms with Gasteiger partial charge in [-0.1, -0.05) is 47.2 Å². The van der Waals surface area contributed by atoms with Crippen molar-refractivity contribution in [2.75, 3.05) is 11.0 Å². The van der Waals surface area contributed by atoms with Gasteiger partial charge in [0.1, 0.15) is 0 Å². The zero-order valence-electron chi connectivity index (χ0n) is 8.71. The van der Waals surface area contributed by atoms with Crippen LogP contribution in [0.4, 0.5) is 0 Å². The number of alkyl halides is 1. The third-order valence-electron chi connectivity index (χ3n) is 2.13. The molecule has 1 rings (SSSR count). The number of unbranched alkanes of at least 4 members (excludes halogenated alkanes) is 2. The minimum absolute atomic E-state index is 0.0325. The molecule has 0 unspecified atom stereocenters. The number of rotatable bonds is 6. The van der Waals surface area contributed by atoms with Crippen LogP contribution < -0.4 is 5.32 Å². The predicted octanol–water partition coefficient (Wildman–Crippen LogP) is 3.02. The highest BCUT2D eigenvalue weighted by atomic mass is 127. The van der Waals surface area contributed by atoms with Crippen LogP contribution in [0.2, 0.25) is 0 Å². The van der Waals surface area contributed by atoms with Crippen molar-refractivity contribution in [2.45, 2.75) is 19.3 Å². The molecule has 0 aliphatic rings. The highest BCUT2D eigenvalue weighted by molar-refractivity contribution is 14.1. The first kappa shape index (κ1) is 12.5. The largest absolute Gasteiger partial charge is 0.352 e. The molecular weight excluding hydrogens is 301 g/mol. The quantitative estimate of drug-likeness (QED) is 0.488. The first-order chi connectivity index (χ1) is 7.34. The lowest BCUT2D eigenvalue weighted by molar-refractivity contribution is 0.0953. The van der Waals surface area contributed by atoms with E-state index in [-0.39, 0.29) is 5.91 Å². The Morgan fingerprint density at radius 2 is 1.87 bits per heavy atom. The summed E-state index contributed by atoms with van der Waals surface area (Å²) >= 11 is 2.37. The van der Waals surface area contributed by atoms with Crippen LogP contribution in [0, 0.1) is 0 Å². The molecule has 1 aromatic carbocycles. The van der Waals surface area contributed by atoms with E-state index < -0.39 is 0 Å². The van der Waals surface area contributed by atoms with Gasteiger partial charge in [0.2, 0.25) is 0 Å². The Morgan fingerprint density at radius 1 is 1.13 bits per heavy atom. The monoisotopic (exact) mass is 317 g/mol. The van der Waals surface area contributed by atoms with Gasteiger partial charge in [-0.05, 0) is 29.4 Å². The number of amides is 1. The van der Waals surface area contributed by atoms with Crippen molar-refractivity contribution in [1.29, 1.82) is 0 Å². The molecule has 1 N–H and O–H groups in total. The Kier molecular flexibility index (Phi) is 6.39. The summed E-state index contributed by atoms with van der Waals surface area (Å²) in [5.41, 5.74) is 0.742. The maximum Gasteiger partial charge on any atom is 0.251 e. The molecule has 1 aromatic rings. The summed E-state index contributed by atoms with van der Waals surface area (Å²) in [6, 6.07) is 9.34. The minimum atomic E-state index is 0.0325. The standard InChI is InChI=1S/C12H16INO/c13-9-5-2-6-10-14-12(15)11-7-3-1-4-8-11/h1,3-4,7-8H,2,5-6,9-10H2,(H,14,15). The van der Waals surface area contributed by atoms with Crippen molar-refractivity contribution in [3.8, 4) is 0 Å². The summed E-state index contributed by atoms with van der Waals surface area (Å²) in [5.74, 6) is 0.0325. The van der Waals surface area contributed by atoms with E-state index in [4.69, 9.17) is 0 Å². The number of carbonyl (C=O) groups is 1. The summed E-state index contributed by atoms with van der Waals surface area (Å²) in [4.78, 5) is 11.6. The van der Waals surface area contributed by atoms with Crippen LogP contribution in [0.3, 0.4) is 0 Å². The number of benzene rings is 1. The van der Waals surface area contributed by atoms with Crippen LogP contribution in [0.1, 0.15) is 29.6 Å². The number of nitrogens with one attached hydrogen (secondary N) is 1. The Morgan fingerprint density at radius 3 is 2.53 bits per heavy atom. The smallest absolute Gasteiger partial charge is 0.251 e. The number of hydrogen-bond acceptors (Lipinski definition) is 1. The zero-order valence-corrected chi connectivity index (χ0v) is 10.9. The molecule has 0 aliphatic carbocycles. The molecule has 0 saturated heterocycles. The van der Waals surface area contributed by atoms with Crippen molar-refractivity contribution in [3.05, 3.63) is 35.9 Å². The third kappa shape index (κ3) is 5.16. The van der Waals surface area contributed by atoms with Gasteiger partial charge in [0.15, 0.2) is 0 Å². The Bertz CT molecular complexity index is 287. The average Bonchev–Trinajstić information content (AvgIpc) is 2.30. The van der Waals surface area contributed by atoms with Crippen LogP contribution in [0.15, 0.2) is 30.3 Å².